The van der Waals surface area contributed by atoms with Gasteiger partial charge < -0.3 is 4.90 Å². The van der Waals surface area contributed by atoms with E-state index in [0.717, 1.165) is 15.6 Å². The number of sulfonamides is 1. The molecule has 7 heteroatoms. The van der Waals surface area contributed by atoms with Crippen molar-refractivity contribution in [2.45, 2.75) is 13.0 Å². The summed E-state index contributed by atoms with van der Waals surface area (Å²) in [6.45, 7) is 0.922. The van der Waals surface area contributed by atoms with Gasteiger partial charge in [0.15, 0.2) is 0 Å². The molecule has 0 saturated heterocycles. The highest BCUT2D eigenvalue weighted by molar-refractivity contribution is 9.10. The quantitative estimate of drug-likeness (QED) is 0.760. The fourth-order valence-corrected chi connectivity index (χ4v) is 4.39. The van der Waals surface area contributed by atoms with Gasteiger partial charge in [-0.05, 0) is 41.8 Å². The SMILES string of the molecule is CN(Cc1ccccc1Br)C(=O)c1ccc2c(c1)CCN2S(C)(=O)=O. The standard InChI is InChI=1S/C18H19BrN2O3S/c1-20(12-15-5-3-4-6-16(15)19)18(22)14-7-8-17-13(11-14)9-10-21(17)25(2,23)24/h3-8,11H,9-10,12H2,1-2H3. The molecule has 0 atom stereocenters. The van der Waals surface area contributed by atoms with Crippen LogP contribution in [-0.4, -0.2) is 39.1 Å². The summed E-state index contributed by atoms with van der Waals surface area (Å²) < 4.78 is 26.0. The van der Waals surface area contributed by atoms with Crippen LogP contribution in [0.4, 0.5) is 5.69 Å². The number of nitrogens with zero attached hydrogens (tertiary/aromatic N) is 2. The molecule has 3 rings (SSSR count). The summed E-state index contributed by atoms with van der Waals surface area (Å²) in [6.07, 6.45) is 1.82. The van der Waals surface area contributed by atoms with E-state index in [1.807, 2.05) is 24.3 Å². The van der Waals surface area contributed by atoms with Crippen molar-refractivity contribution in [3.63, 3.8) is 0 Å². The second-order valence-corrected chi connectivity index (χ2v) is 8.94. The maximum atomic E-state index is 12.7. The minimum atomic E-state index is -3.28. The summed E-state index contributed by atoms with van der Waals surface area (Å²) in [6, 6.07) is 13.0. The Balaban J connectivity index is 1.81. The molecule has 0 bridgehead atoms. The molecule has 0 spiro atoms. The molecule has 132 valence electrons. The number of anilines is 1. The molecule has 1 amide bonds. The molecule has 0 aliphatic carbocycles. The number of benzene rings is 2. The Hall–Kier alpha value is -1.86. The second kappa shape index (κ2) is 6.80. The smallest absolute Gasteiger partial charge is 0.253 e. The van der Waals surface area contributed by atoms with E-state index in [2.05, 4.69) is 15.9 Å². The number of halogens is 1. The second-order valence-electron chi connectivity index (χ2n) is 6.18. The number of rotatable bonds is 4. The number of hydrogen-bond donors (Lipinski definition) is 0. The highest BCUT2D eigenvalue weighted by Crippen LogP contribution is 2.31. The minimum absolute atomic E-state index is 0.0867. The molecule has 1 heterocycles. The van der Waals surface area contributed by atoms with E-state index in [-0.39, 0.29) is 5.91 Å². The first-order valence-electron chi connectivity index (χ1n) is 7.87. The lowest BCUT2D eigenvalue weighted by Crippen LogP contribution is -2.28. The molecule has 1 aliphatic heterocycles. The molecular weight excluding hydrogens is 404 g/mol. The molecule has 5 nitrogen and oxygen atoms in total. The summed E-state index contributed by atoms with van der Waals surface area (Å²) in [4.78, 5) is 14.4. The topological polar surface area (TPSA) is 57.7 Å². The third kappa shape index (κ3) is 3.72. The van der Waals surface area contributed by atoms with Gasteiger partial charge in [-0.3, -0.25) is 9.10 Å². The number of carbonyl (C=O) groups excluding carboxylic acids is 1. The Morgan fingerprint density at radius 3 is 2.64 bits per heavy atom. The Morgan fingerprint density at radius 2 is 1.96 bits per heavy atom. The van der Waals surface area contributed by atoms with E-state index < -0.39 is 10.0 Å². The Kier molecular flexibility index (Phi) is 4.88. The fourth-order valence-electron chi connectivity index (χ4n) is 3.02. The van der Waals surface area contributed by atoms with Crippen molar-refractivity contribution in [2.75, 3.05) is 24.2 Å². The predicted molar refractivity (Wildman–Crippen MR) is 102 cm³/mol. The lowest BCUT2D eigenvalue weighted by Gasteiger charge is -2.19. The van der Waals surface area contributed by atoms with Crippen molar-refractivity contribution in [3.05, 3.63) is 63.6 Å². The molecule has 0 unspecified atom stereocenters. The van der Waals surface area contributed by atoms with Crippen molar-refractivity contribution in [3.8, 4) is 0 Å². The van der Waals surface area contributed by atoms with E-state index in [9.17, 15) is 13.2 Å². The number of hydrogen-bond acceptors (Lipinski definition) is 3. The van der Waals surface area contributed by atoms with E-state index in [1.165, 1.54) is 10.6 Å². The maximum absolute atomic E-state index is 12.7. The third-order valence-corrected chi connectivity index (χ3v) is 6.25. The molecule has 0 N–H and O–H groups in total. The first kappa shape index (κ1) is 17.9. The maximum Gasteiger partial charge on any atom is 0.253 e. The van der Waals surface area contributed by atoms with Crippen molar-refractivity contribution < 1.29 is 13.2 Å². The van der Waals surface area contributed by atoms with Crippen LogP contribution in [0.2, 0.25) is 0 Å². The fraction of sp³-hybridized carbons (Fsp3) is 0.278. The van der Waals surface area contributed by atoms with Crippen molar-refractivity contribution in [2.24, 2.45) is 0 Å². The first-order valence-corrected chi connectivity index (χ1v) is 10.5. The van der Waals surface area contributed by atoms with Gasteiger partial charge in [-0.1, -0.05) is 34.1 Å². The monoisotopic (exact) mass is 422 g/mol. The summed E-state index contributed by atoms with van der Waals surface area (Å²) >= 11 is 3.50. The van der Waals surface area contributed by atoms with E-state index in [0.29, 0.717) is 30.8 Å². The lowest BCUT2D eigenvalue weighted by atomic mass is 10.1. The van der Waals surface area contributed by atoms with E-state index in [4.69, 9.17) is 0 Å². The number of amides is 1. The average molecular weight is 423 g/mol. The van der Waals surface area contributed by atoms with Crippen LogP contribution < -0.4 is 4.31 Å². The summed E-state index contributed by atoms with van der Waals surface area (Å²) in [5, 5.41) is 0. The van der Waals surface area contributed by atoms with Gasteiger partial charge in [0.1, 0.15) is 0 Å². The van der Waals surface area contributed by atoms with Crippen LogP contribution >= 0.6 is 15.9 Å². The Morgan fingerprint density at radius 1 is 1.24 bits per heavy atom. The third-order valence-electron chi connectivity index (χ3n) is 4.29. The molecule has 1 aliphatic rings. The van der Waals surface area contributed by atoms with E-state index in [1.54, 1.807) is 30.1 Å². The van der Waals surface area contributed by atoms with Gasteiger partial charge in [-0.15, -0.1) is 0 Å². The largest absolute Gasteiger partial charge is 0.337 e. The molecule has 0 saturated carbocycles. The van der Waals surface area contributed by atoms with Gasteiger partial charge in [-0.25, -0.2) is 8.42 Å². The highest BCUT2D eigenvalue weighted by atomic mass is 79.9. The zero-order valence-corrected chi connectivity index (χ0v) is 16.5. The average Bonchev–Trinajstić information content (AvgIpc) is 2.99. The molecule has 2 aromatic rings. The van der Waals surface area contributed by atoms with E-state index >= 15 is 0 Å². The zero-order valence-electron chi connectivity index (χ0n) is 14.1. The van der Waals surface area contributed by atoms with Gasteiger partial charge in [0, 0.05) is 30.2 Å². The summed E-state index contributed by atoms with van der Waals surface area (Å²) in [5.41, 5.74) is 3.17. The van der Waals surface area contributed by atoms with Crippen LogP contribution in [0.5, 0.6) is 0 Å². The Bertz CT molecular complexity index is 928. The zero-order chi connectivity index (χ0) is 18.2. The summed E-state index contributed by atoms with van der Waals surface area (Å²) in [5.74, 6) is -0.0867. The van der Waals surface area contributed by atoms with Crippen LogP contribution in [0.3, 0.4) is 0 Å². The van der Waals surface area contributed by atoms with Crippen molar-refractivity contribution in [1.82, 2.24) is 4.90 Å². The first-order chi connectivity index (χ1) is 11.8. The number of fused-ring (bicyclic) bond motifs is 1. The molecule has 25 heavy (non-hydrogen) atoms. The predicted octanol–water partition coefficient (Wildman–Crippen LogP) is 3.04. The van der Waals surface area contributed by atoms with Crippen molar-refractivity contribution in [1.29, 1.82) is 0 Å². The molecule has 0 aromatic heterocycles. The van der Waals surface area contributed by atoms with Gasteiger partial charge in [-0.2, -0.15) is 0 Å². The molecular formula is C18H19BrN2O3S. The highest BCUT2D eigenvalue weighted by Gasteiger charge is 2.27. The molecule has 2 aromatic carbocycles. The lowest BCUT2D eigenvalue weighted by molar-refractivity contribution is 0.0785. The van der Waals surface area contributed by atoms with Gasteiger partial charge in [0.25, 0.3) is 5.91 Å². The number of carbonyl (C=O) groups is 1. The normalized spacial score (nSPS) is 13.6. The van der Waals surface area contributed by atoms with Crippen LogP contribution in [0.15, 0.2) is 46.9 Å². The summed E-state index contributed by atoms with van der Waals surface area (Å²) in [7, 11) is -1.52. The van der Waals surface area contributed by atoms with Crippen molar-refractivity contribution >= 4 is 37.5 Å². The molecule has 0 fully saturated rings. The van der Waals surface area contributed by atoms with Crippen LogP contribution in [0.1, 0.15) is 21.5 Å². The van der Waals surface area contributed by atoms with Crippen LogP contribution in [0, 0.1) is 0 Å². The van der Waals surface area contributed by atoms with Gasteiger partial charge >= 0.3 is 0 Å². The van der Waals surface area contributed by atoms with Gasteiger partial charge in [0.2, 0.25) is 10.0 Å². The minimum Gasteiger partial charge on any atom is -0.337 e. The van der Waals surface area contributed by atoms with Crippen LogP contribution in [0.25, 0.3) is 0 Å². The molecule has 0 radical (unpaired) electrons. The Labute approximate surface area is 156 Å². The van der Waals surface area contributed by atoms with Crippen LogP contribution in [-0.2, 0) is 23.0 Å². The van der Waals surface area contributed by atoms with Gasteiger partial charge in [0.05, 0.1) is 11.9 Å².